The van der Waals surface area contributed by atoms with Crippen LogP contribution < -0.4 is 9.44 Å². The van der Waals surface area contributed by atoms with E-state index < -0.39 is 10.2 Å². The predicted octanol–water partition coefficient (Wildman–Crippen LogP) is 0.215. The molecular weight excluding hydrogens is 240 g/mol. The number of aryl methyl sites for hydroxylation is 1. The number of rotatable bonds is 3. The van der Waals surface area contributed by atoms with Gasteiger partial charge in [-0.15, -0.1) is 0 Å². The van der Waals surface area contributed by atoms with Crippen molar-refractivity contribution in [2.24, 2.45) is 0 Å². The van der Waals surface area contributed by atoms with Crippen LogP contribution in [0.5, 0.6) is 0 Å². The molecule has 0 amide bonds. The van der Waals surface area contributed by atoms with Crippen LogP contribution in [0.2, 0.25) is 0 Å². The SMILES string of the molecule is CNS(=O)(=O)Nc1ccc(C#CCO)cc1C. The van der Waals surface area contributed by atoms with Gasteiger partial charge in [-0.1, -0.05) is 11.8 Å². The Morgan fingerprint density at radius 3 is 2.65 bits per heavy atom. The van der Waals surface area contributed by atoms with Gasteiger partial charge in [0.1, 0.15) is 6.61 Å². The van der Waals surface area contributed by atoms with E-state index in [1.54, 1.807) is 25.1 Å². The Hall–Kier alpha value is -1.55. The van der Waals surface area contributed by atoms with Crippen LogP contribution in [0.4, 0.5) is 5.69 Å². The van der Waals surface area contributed by atoms with Crippen molar-refractivity contribution >= 4 is 15.9 Å². The first-order valence-electron chi connectivity index (χ1n) is 4.90. The summed E-state index contributed by atoms with van der Waals surface area (Å²) >= 11 is 0. The Morgan fingerprint density at radius 2 is 2.12 bits per heavy atom. The summed E-state index contributed by atoms with van der Waals surface area (Å²) in [6, 6.07) is 5.06. The number of aliphatic hydroxyl groups is 1. The molecule has 6 heteroatoms. The monoisotopic (exact) mass is 254 g/mol. The van der Waals surface area contributed by atoms with Crippen molar-refractivity contribution in [2.45, 2.75) is 6.92 Å². The average Bonchev–Trinajstić information content (AvgIpc) is 2.29. The molecule has 0 bridgehead atoms. The van der Waals surface area contributed by atoms with E-state index in [0.29, 0.717) is 5.69 Å². The van der Waals surface area contributed by atoms with Gasteiger partial charge >= 0.3 is 0 Å². The molecule has 3 N–H and O–H groups in total. The van der Waals surface area contributed by atoms with Gasteiger partial charge in [-0.05, 0) is 30.7 Å². The molecule has 1 aromatic rings. The van der Waals surface area contributed by atoms with Gasteiger partial charge in [0.25, 0.3) is 10.2 Å². The second kappa shape index (κ2) is 5.68. The highest BCUT2D eigenvalue weighted by Gasteiger charge is 2.08. The minimum absolute atomic E-state index is 0.201. The van der Waals surface area contributed by atoms with Crippen LogP contribution in [-0.4, -0.2) is 27.2 Å². The first-order valence-corrected chi connectivity index (χ1v) is 6.38. The van der Waals surface area contributed by atoms with Crippen molar-refractivity contribution < 1.29 is 13.5 Å². The number of hydrogen-bond acceptors (Lipinski definition) is 3. The lowest BCUT2D eigenvalue weighted by atomic mass is 10.1. The van der Waals surface area contributed by atoms with Crippen LogP contribution in [0, 0.1) is 18.8 Å². The fourth-order valence-electron chi connectivity index (χ4n) is 1.19. The molecule has 0 radical (unpaired) electrons. The summed E-state index contributed by atoms with van der Waals surface area (Å²) in [5.41, 5.74) is 1.98. The predicted molar refractivity (Wildman–Crippen MR) is 66.7 cm³/mol. The summed E-state index contributed by atoms with van der Waals surface area (Å²) in [5, 5.41) is 8.56. The molecule has 0 aromatic heterocycles. The average molecular weight is 254 g/mol. The van der Waals surface area contributed by atoms with E-state index >= 15 is 0 Å². The summed E-state index contributed by atoms with van der Waals surface area (Å²) in [7, 11) is -2.17. The van der Waals surface area contributed by atoms with E-state index in [2.05, 4.69) is 21.3 Å². The summed E-state index contributed by atoms with van der Waals surface area (Å²) in [5.74, 6) is 5.27. The van der Waals surface area contributed by atoms with E-state index in [-0.39, 0.29) is 6.61 Å². The van der Waals surface area contributed by atoms with Gasteiger partial charge in [0.05, 0.1) is 5.69 Å². The number of anilines is 1. The van der Waals surface area contributed by atoms with Gasteiger partial charge in [0, 0.05) is 12.6 Å². The Labute approximate surface area is 101 Å². The maximum Gasteiger partial charge on any atom is 0.298 e. The number of aliphatic hydroxyl groups excluding tert-OH is 1. The Kier molecular flexibility index (Phi) is 4.52. The number of benzene rings is 1. The van der Waals surface area contributed by atoms with Gasteiger partial charge in [0.15, 0.2) is 0 Å². The Balaban J connectivity index is 2.98. The molecule has 0 fully saturated rings. The molecule has 0 saturated carbocycles. The van der Waals surface area contributed by atoms with Gasteiger partial charge in [0.2, 0.25) is 0 Å². The second-order valence-electron chi connectivity index (χ2n) is 3.30. The highest BCUT2D eigenvalue weighted by Crippen LogP contribution is 2.16. The molecule has 0 aliphatic rings. The van der Waals surface area contributed by atoms with Crippen LogP contribution in [0.1, 0.15) is 11.1 Å². The van der Waals surface area contributed by atoms with Crippen LogP contribution in [-0.2, 0) is 10.2 Å². The van der Waals surface area contributed by atoms with Crippen molar-refractivity contribution in [2.75, 3.05) is 18.4 Å². The third-order valence-corrected chi connectivity index (χ3v) is 3.08. The first-order chi connectivity index (χ1) is 7.98. The lowest BCUT2D eigenvalue weighted by Crippen LogP contribution is -2.26. The number of nitrogens with one attached hydrogen (secondary N) is 2. The summed E-state index contributed by atoms with van der Waals surface area (Å²) in [6.45, 7) is 1.57. The van der Waals surface area contributed by atoms with E-state index in [1.807, 2.05) is 0 Å². The maximum absolute atomic E-state index is 11.3. The van der Waals surface area contributed by atoms with E-state index in [0.717, 1.165) is 11.1 Å². The lowest BCUT2D eigenvalue weighted by molar-refractivity contribution is 0.350. The molecule has 1 aromatic carbocycles. The van der Waals surface area contributed by atoms with Crippen molar-refractivity contribution in [3.63, 3.8) is 0 Å². The van der Waals surface area contributed by atoms with Crippen molar-refractivity contribution in [3.05, 3.63) is 29.3 Å². The molecule has 17 heavy (non-hydrogen) atoms. The molecule has 0 aliphatic carbocycles. The van der Waals surface area contributed by atoms with Crippen LogP contribution in [0.25, 0.3) is 0 Å². The summed E-state index contributed by atoms with van der Waals surface area (Å²) in [6.07, 6.45) is 0. The van der Waals surface area contributed by atoms with E-state index in [4.69, 9.17) is 5.11 Å². The minimum atomic E-state index is -3.50. The molecule has 0 atom stereocenters. The van der Waals surface area contributed by atoms with E-state index in [1.165, 1.54) is 7.05 Å². The third kappa shape index (κ3) is 4.07. The minimum Gasteiger partial charge on any atom is -0.384 e. The highest BCUT2D eigenvalue weighted by molar-refractivity contribution is 7.90. The molecule has 0 heterocycles. The van der Waals surface area contributed by atoms with Crippen molar-refractivity contribution in [1.29, 1.82) is 0 Å². The fourth-order valence-corrected chi connectivity index (χ4v) is 1.81. The number of hydrogen-bond donors (Lipinski definition) is 3. The van der Waals surface area contributed by atoms with Crippen LogP contribution in [0.15, 0.2) is 18.2 Å². The molecule has 5 nitrogen and oxygen atoms in total. The third-order valence-electron chi connectivity index (χ3n) is 2.05. The Morgan fingerprint density at radius 1 is 1.41 bits per heavy atom. The quantitative estimate of drug-likeness (QED) is 0.675. The molecular formula is C11H14N2O3S. The second-order valence-corrected chi connectivity index (χ2v) is 4.92. The largest absolute Gasteiger partial charge is 0.384 e. The zero-order valence-corrected chi connectivity index (χ0v) is 10.4. The molecule has 0 unspecified atom stereocenters. The molecule has 0 saturated heterocycles. The maximum atomic E-state index is 11.3. The zero-order chi connectivity index (χ0) is 12.9. The molecule has 92 valence electrons. The summed E-state index contributed by atoms with van der Waals surface area (Å²) < 4.78 is 27.1. The van der Waals surface area contributed by atoms with E-state index in [9.17, 15) is 8.42 Å². The van der Waals surface area contributed by atoms with Crippen LogP contribution in [0.3, 0.4) is 0 Å². The van der Waals surface area contributed by atoms with Crippen molar-refractivity contribution in [3.8, 4) is 11.8 Å². The van der Waals surface area contributed by atoms with Gasteiger partial charge in [-0.25, -0.2) is 4.72 Å². The molecule has 0 aliphatic heterocycles. The lowest BCUT2D eigenvalue weighted by Gasteiger charge is -2.09. The first kappa shape index (κ1) is 13.5. The molecule has 1 rings (SSSR count). The smallest absolute Gasteiger partial charge is 0.298 e. The van der Waals surface area contributed by atoms with Gasteiger partial charge < -0.3 is 5.11 Å². The fraction of sp³-hybridized carbons (Fsp3) is 0.273. The standard InChI is InChI=1S/C11H14N2O3S/c1-9-8-10(4-3-7-14)5-6-11(9)13-17(15,16)12-2/h5-6,8,12-14H,7H2,1-2H3. The van der Waals surface area contributed by atoms with Crippen molar-refractivity contribution in [1.82, 2.24) is 4.72 Å². The van der Waals surface area contributed by atoms with Crippen LogP contribution >= 0.6 is 0 Å². The topological polar surface area (TPSA) is 78.4 Å². The zero-order valence-electron chi connectivity index (χ0n) is 9.61. The highest BCUT2D eigenvalue weighted by atomic mass is 32.2. The van der Waals surface area contributed by atoms with Gasteiger partial charge in [-0.2, -0.15) is 8.42 Å². The summed E-state index contributed by atoms with van der Waals surface area (Å²) in [4.78, 5) is 0. The Bertz CT molecular complexity index is 556. The van der Waals surface area contributed by atoms with Gasteiger partial charge in [-0.3, -0.25) is 4.72 Å². The normalized spacial score (nSPS) is 10.5. The molecule has 0 spiro atoms.